The Bertz CT molecular complexity index is 66.8. The van der Waals surface area contributed by atoms with Gasteiger partial charge in [-0.2, -0.15) is 5.06 Å². The number of piperazine rings is 1. The van der Waals surface area contributed by atoms with Gasteiger partial charge in [0, 0.05) is 25.7 Å². The second-order valence-electron chi connectivity index (χ2n) is 2.22. The molecule has 3 nitrogen and oxygen atoms in total. The van der Waals surface area contributed by atoms with Gasteiger partial charge in [-0.3, -0.25) is 0 Å². The minimum Gasteiger partial charge on any atom is -0.314 e. The maximum atomic E-state index is 8.97. The molecule has 1 saturated heterocycles. The lowest BCUT2D eigenvalue weighted by molar-refractivity contribution is -0.130. The number of nitrogens with zero attached hydrogens (tertiary/aromatic N) is 1. The van der Waals surface area contributed by atoms with E-state index in [1.165, 1.54) is 5.06 Å². The average Bonchev–Trinajstić information content (AvgIpc) is 1.77. The van der Waals surface area contributed by atoms with Crippen LogP contribution in [0.3, 0.4) is 0 Å². The molecule has 8 heavy (non-hydrogen) atoms. The van der Waals surface area contributed by atoms with E-state index in [2.05, 4.69) is 5.32 Å². The van der Waals surface area contributed by atoms with E-state index in [1.807, 2.05) is 6.92 Å². The Balaban J connectivity index is 2.28. The monoisotopic (exact) mass is 116 g/mol. The van der Waals surface area contributed by atoms with Gasteiger partial charge in [0.1, 0.15) is 0 Å². The Morgan fingerprint density at radius 1 is 1.75 bits per heavy atom. The van der Waals surface area contributed by atoms with Gasteiger partial charge in [0.2, 0.25) is 0 Å². The molecule has 1 fully saturated rings. The van der Waals surface area contributed by atoms with Gasteiger partial charge < -0.3 is 10.5 Å². The molecule has 3 heteroatoms. The zero-order valence-corrected chi connectivity index (χ0v) is 5.09. The van der Waals surface area contributed by atoms with Gasteiger partial charge in [0.25, 0.3) is 0 Å². The fourth-order valence-corrected chi connectivity index (χ4v) is 0.830. The van der Waals surface area contributed by atoms with Gasteiger partial charge in [-0.25, -0.2) is 0 Å². The van der Waals surface area contributed by atoms with Crippen LogP contribution in [-0.2, 0) is 0 Å². The Morgan fingerprint density at radius 3 is 2.88 bits per heavy atom. The van der Waals surface area contributed by atoms with E-state index < -0.39 is 0 Å². The molecule has 1 aliphatic rings. The molecule has 2 N–H and O–H groups in total. The first-order valence-electron chi connectivity index (χ1n) is 2.97. The third-order valence-electron chi connectivity index (χ3n) is 1.47. The van der Waals surface area contributed by atoms with Crippen molar-refractivity contribution in [2.45, 2.75) is 13.0 Å². The fourth-order valence-electron chi connectivity index (χ4n) is 0.830. The van der Waals surface area contributed by atoms with Crippen LogP contribution >= 0.6 is 0 Å². The zero-order valence-electron chi connectivity index (χ0n) is 5.09. The molecular weight excluding hydrogens is 104 g/mol. The summed E-state index contributed by atoms with van der Waals surface area (Å²) in [6.07, 6.45) is 0. The minimum atomic E-state index is 0.281. The first-order chi connectivity index (χ1) is 3.80. The standard InChI is InChI=1S/C5H12N2O/c1-5-4-6-2-3-7(5)8/h5-6,8H,2-4H2,1H3. The normalized spacial score (nSPS) is 33.0. The van der Waals surface area contributed by atoms with Crippen molar-refractivity contribution in [2.75, 3.05) is 19.6 Å². The molecule has 1 atom stereocenters. The molecule has 1 heterocycles. The number of nitrogens with one attached hydrogen (secondary N) is 1. The van der Waals surface area contributed by atoms with E-state index in [0.29, 0.717) is 0 Å². The van der Waals surface area contributed by atoms with Gasteiger partial charge in [-0.1, -0.05) is 0 Å². The van der Waals surface area contributed by atoms with Crippen molar-refractivity contribution in [1.29, 1.82) is 0 Å². The topological polar surface area (TPSA) is 35.5 Å². The Morgan fingerprint density at radius 2 is 2.50 bits per heavy atom. The van der Waals surface area contributed by atoms with Crippen LogP contribution in [0.5, 0.6) is 0 Å². The van der Waals surface area contributed by atoms with Gasteiger partial charge in [-0.15, -0.1) is 0 Å². The Kier molecular flexibility index (Phi) is 1.83. The Hall–Kier alpha value is -0.120. The summed E-state index contributed by atoms with van der Waals surface area (Å²) in [5.74, 6) is 0. The predicted octanol–water partition coefficient (Wildman–Crippen LogP) is -0.331. The average molecular weight is 116 g/mol. The molecule has 1 unspecified atom stereocenters. The molecule has 0 spiro atoms. The van der Waals surface area contributed by atoms with E-state index >= 15 is 0 Å². The molecule has 0 radical (unpaired) electrons. The lowest BCUT2D eigenvalue weighted by atomic mass is 10.3. The molecule has 0 amide bonds. The van der Waals surface area contributed by atoms with E-state index in [1.54, 1.807) is 0 Å². The first-order valence-corrected chi connectivity index (χ1v) is 2.97. The number of hydroxylamine groups is 2. The van der Waals surface area contributed by atoms with Gasteiger partial charge in [0.15, 0.2) is 0 Å². The van der Waals surface area contributed by atoms with Crippen LogP contribution in [-0.4, -0.2) is 35.9 Å². The lowest BCUT2D eigenvalue weighted by Gasteiger charge is -2.27. The second-order valence-corrected chi connectivity index (χ2v) is 2.22. The predicted molar refractivity (Wildman–Crippen MR) is 30.8 cm³/mol. The molecule has 48 valence electrons. The summed E-state index contributed by atoms with van der Waals surface area (Å²) < 4.78 is 0. The molecule has 0 aromatic rings. The molecule has 0 bridgehead atoms. The molecule has 0 aromatic heterocycles. The molecule has 1 aliphatic heterocycles. The zero-order chi connectivity index (χ0) is 5.98. The summed E-state index contributed by atoms with van der Waals surface area (Å²) in [4.78, 5) is 0. The van der Waals surface area contributed by atoms with Crippen molar-refractivity contribution >= 4 is 0 Å². The molecular formula is C5H12N2O. The van der Waals surface area contributed by atoms with Crippen molar-refractivity contribution in [1.82, 2.24) is 10.4 Å². The van der Waals surface area contributed by atoms with Crippen LogP contribution in [0, 0.1) is 0 Å². The van der Waals surface area contributed by atoms with E-state index in [9.17, 15) is 0 Å². The van der Waals surface area contributed by atoms with E-state index in [4.69, 9.17) is 5.21 Å². The highest BCUT2D eigenvalue weighted by molar-refractivity contribution is 4.68. The Labute approximate surface area is 49.3 Å². The van der Waals surface area contributed by atoms with Crippen LogP contribution in [0.4, 0.5) is 0 Å². The van der Waals surface area contributed by atoms with Gasteiger partial charge in [-0.05, 0) is 6.92 Å². The number of rotatable bonds is 0. The maximum absolute atomic E-state index is 8.97. The van der Waals surface area contributed by atoms with Crippen LogP contribution in [0.25, 0.3) is 0 Å². The SMILES string of the molecule is CC1CNCCN1O. The molecule has 0 aromatic carbocycles. The highest BCUT2D eigenvalue weighted by Crippen LogP contribution is 1.95. The van der Waals surface area contributed by atoms with Crippen LogP contribution in [0.15, 0.2) is 0 Å². The van der Waals surface area contributed by atoms with Crippen molar-refractivity contribution in [2.24, 2.45) is 0 Å². The summed E-state index contributed by atoms with van der Waals surface area (Å²) in [6, 6.07) is 0.281. The summed E-state index contributed by atoms with van der Waals surface area (Å²) in [5, 5.41) is 13.5. The van der Waals surface area contributed by atoms with Crippen molar-refractivity contribution in [3.8, 4) is 0 Å². The quantitative estimate of drug-likeness (QED) is 0.455. The summed E-state index contributed by atoms with van der Waals surface area (Å²) in [6.45, 7) is 4.55. The lowest BCUT2D eigenvalue weighted by Crippen LogP contribution is -2.47. The van der Waals surface area contributed by atoms with Crippen molar-refractivity contribution in [3.05, 3.63) is 0 Å². The van der Waals surface area contributed by atoms with Crippen LogP contribution in [0.2, 0.25) is 0 Å². The van der Waals surface area contributed by atoms with Gasteiger partial charge >= 0.3 is 0 Å². The largest absolute Gasteiger partial charge is 0.314 e. The number of hydrogen-bond donors (Lipinski definition) is 2. The van der Waals surface area contributed by atoms with Crippen molar-refractivity contribution < 1.29 is 5.21 Å². The summed E-state index contributed by atoms with van der Waals surface area (Å²) in [5.41, 5.74) is 0. The van der Waals surface area contributed by atoms with E-state index in [-0.39, 0.29) is 6.04 Å². The molecule has 0 aliphatic carbocycles. The number of hydrogen-bond acceptors (Lipinski definition) is 3. The summed E-state index contributed by atoms with van der Waals surface area (Å²) >= 11 is 0. The fraction of sp³-hybridized carbons (Fsp3) is 1.00. The smallest absolute Gasteiger partial charge is 0.0447 e. The van der Waals surface area contributed by atoms with Crippen molar-refractivity contribution in [3.63, 3.8) is 0 Å². The van der Waals surface area contributed by atoms with Crippen LogP contribution < -0.4 is 5.32 Å². The molecule has 1 rings (SSSR count). The highest BCUT2D eigenvalue weighted by atomic mass is 16.5. The highest BCUT2D eigenvalue weighted by Gasteiger charge is 2.13. The van der Waals surface area contributed by atoms with E-state index in [0.717, 1.165) is 19.6 Å². The van der Waals surface area contributed by atoms with Crippen LogP contribution in [0.1, 0.15) is 6.92 Å². The maximum Gasteiger partial charge on any atom is 0.0447 e. The minimum absolute atomic E-state index is 0.281. The first kappa shape index (κ1) is 6.01. The second kappa shape index (κ2) is 2.44. The third kappa shape index (κ3) is 1.18. The molecule has 0 saturated carbocycles. The third-order valence-corrected chi connectivity index (χ3v) is 1.47. The summed E-state index contributed by atoms with van der Waals surface area (Å²) in [7, 11) is 0. The van der Waals surface area contributed by atoms with Gasteiger partial charge in [0.05, 0.1) is 0 Å².